The van der Waals surface area contributed by atoms with Crippen LogP contribution in [0.5, 0.6) is 0 Å². The molecule has 0 aromatic rings. The molecule has 0 radical (unpaired) electrons. The predicted molar refractivity (Wildman–Crippen MR) is 87.3 cm³/mol. The first-order valence-corrected chi connectivity index (χ1v) is 8.41. The molecule has 2 aliphatic heterocycles. The van der Waals surface area contributed by atoms with Crippen LogP contribution >= 0.6 is 0 Å². The summed E-state index contributed by atoms with van der Waals surface area (Å²) >= 11 is 0. The molecule has 0 aliphatic carbocycles. The average Bonchev–Trinajstić information content (AvgIpc) is 2.48. The van der Waals surface area contributed by atoms with Crippen molar-refractivity contribution in [1.82, 2.24) is 14.7 Å². The zero-order valence-corrected chi connectivity index (χ0v) is 13.8. The summed E-state index contributed by atoms with van der Waals surface area (Å²) in [6.07, 6.45) is 5.60. The van der Waals surface area contributed by atoms with Gasteiger partial charge in [-0.2, -0.15) is 0 Å². The second-order valence-electron chi connectivity index (χ2n) is 6.76. The molecule has 4 nitrogen and oxygen atoms in total. The zero-order chi connectivity index (χ0) is 15.2. The molecule has 2 aliphatic rings. The largest absolute Gasteiger partial charge is 0.343 e. The molecule has 2 rings (SSSR count). The molecule has 21 heavy (non-hydrogen) atoms. The van der Waals surface area contributed by atoms with E-state index in [4.69, 9.17) is 0 Å². The Balaban J connectivity index is 1.71. The number of likely N-dealkylation sites (N-methyl/N-ethyl adjacent to an activating group) is 1. The van der Waals surface area contributed by atoms with Gasteiger partial charge in [-0.25, -0.2) is 0 Å². The first-order chi connectivity index (χ1) is 10.1. The Morgan fingerprint density at radius 3 is 2.57 bits per heavy atom. The van der Waals surface area contributed by atoms with Crippen LogP contribution in [0.3, 0.4) is 0 Å². The van der Waals surface area contributed by atoms with Gasteiger partial charge in [0.1, 0.15) is 0 Å². The van der Waals surface area contributed by atoms with E-state index in [1.807, 2.05) is 11.0 Å². The minimum absolute atomic E-state index is 0.307. The van der Waals surface area contributed by atoms with Crippen molar-refractivity contribution < 1.29 is 4.79 Å². The summed E-state index contributed by atoms with van der Waals surface area (Å²) < 4.78 is 0. The van der Waals surface area contributed by atoms with Gasteiger partial charge < -0.3 is 9.80 Å². The van der Waals surface area contributed by atoms with E-state index in [-0.39, 0.29) is 0 Å². The molecule has 0 bridgehead atoms. The second kappa shape index (κ2) is 7.95. The van der Waals surface area contributed by atoms with Gasteiger partial charge in [0, 0.05) is 51.7 Å². The maximum Gasteiger partial charge on any atom is 0.222 e. The summed E-state index contributed by atoms with van der Waals surface area (Å²) in [5, 5.41) is 0. The first kappa shape index (κ1) is 16.5. The number of piperazine rings is 1. The lowest BCUT2D eigenvalue weighted by molar-refractivity contribution is -0.132. The highest BCUT2D eigenvalue weighted by Gasteiger charge is 2.27. The van der Waals surface area contributed by atoms with Crippen LogP contribution in [-0.2, 0) is 4.79 Å². The molecule has 120 valence electrons. The van der Waals surface area contributed by atoms with E-state index in [9.17, 15) is 4.79 Å². The van der Waals surface area contributed by atoms with Crippen LogP contribution in [0.15, 0.2) is 12.7 Å². The molecule has 0 aromatic carbocycles. The number of allylic oxidation sites excluding steroid dienone is 1. The maximum absolute atomic E-state index is 12.0. The second-order valence-corrected chi connectivity index (χ2v) is 6.76. The topological polar surface area (TPSA) is 26.8 Å². The monoisotopic (exact) mass is 293 g/mol. The Bertz CT molecular complexity index is 350. The van der Waals surface area contributed by atoms with Gasteiger partial charge in [0.15, 0.2) is 0 Å². The molecule has 4 heteroatoms. The van der Waals surface area contributed by atoms with Gasteiger partial charge >= 0.3 is 0 Å². The normalized spacial score (nSPS) is 26.0. The number of piperidine rings is 1. The first-order valence-electron chi connectivity index (χ1n) is 8.41. The third-order valence-electron chi connectivity index (χ3n) is 4.99. The number of hydrogen-bond donors (Lipinski definition) is 0. The number of amides is 1. The van der Waals surface area contributed by atoms with Crippen molar-refractivity contribution in [3.8, 4) is 0 Å². The summed E-state index contributed by atoms with van der Waals surface area (Å²) in [6.45, 7) is 12.7. The van der Waals surface area contributed by atoms with Crippen LogP contribution in [-0.4, -0.2) is 73.0 Å². The fourth-order valence-corrected chi connectivity index (χ4v) is 3.53. The summed E-state index contributed by atoms with van der Waals surface area (Å²) in [7, 11) is 2.21. The van der Waals surface area contributed by atoms with Crippen molar-refractivity contribution in [1.29, 1.82) is 0 Å². The van der Waals surface area contributed by atoms with Gasteiger partial charge in [-0.1, -0.05) is 6.08 Å². The molecule has 2 fully saturated rings. The lowest BCUT2D eigenvalue weighted by atomic mass is 9.95. The summed E-state index contributed by atoms with van der Waals surface area (Å²) in [5.41, 5.74) is 0. The number of rotatable bonds is 5. The van der Waals surface area contributed by atoms with E-state index >= 15 is 0 Å². The quantitative estimate of drug-likeness (QED) is 0.724. The Hall–Kier alpha value is -0.870. The molecule has 2 saturated heterocycles. The lowest BCUT2D eigenvalue weighted by Gasteiger charge is -2.41. The highest BCUT2D eigenvalue weighted by Crippen LogP contribution is 2.21. The molecule has 0 aromatic heterocycles. The Morgan fingerprint density at radius 1 is 1.24 bits per heavy atom. The number of hydrogen-bond acceptors (Lipinski definition) is 3. The molecule has 1 amide bonds. The fourth-order valence-electron chi connectivity index (χ4n) is 3.53. The van der Waals surface area contributed by atoms with Crippen LogP contribution in [0.4, 0.5) is 0 Å². The van der Waals surface area contributed by atoms with E-state index in [1.165, 1.54) is 39.0 Å². The number of carbonyl (C=O) groups excluding carboxylic acids is 1. The smallest absolute Gasteiger partial charge is 0.222 e. The molecular formula is C17H31N3O. The minimum atomic E-state index is 0.307. The highest BCUT2D eigenvalue weighted by molar-refractivity contribution is 5.76. The SMILES string of the molecule is C=CCCC(=O)N1CCC(CN2CCN(C)CC2C)CC1. The van der Waals surface area contributed by atoms with E-state index in [2.05, 4.69) is 30.4 Å². The Labute approximate surface area is 129 Å². The van der Waals surface area contributed by atoms with Crippen molar-refractivity contribution in [2.24, 2.45) is 5.92 Å². The van der Waals surface area contributed by atoms with Gasteiger partial charge in [0.05, 0.1) is 0 Å². The highest BCUT2D eigenvalue weighted by atomic mass is 16.2. The van der Waals surface area contributed by atoms with Crippen molar-refractivity contribution >= 4 is 5.91 Å². The predicted octanol–water partition coefficient (Wildman–Crippen LogP) is 1.83. The number of likely N-dealkylation sites (tertiary alicyclic amines) is 1. The van der Waals surface area contributed by atoms with Gasteiger partial charge in [-0.3, -0.25) is 9.69 Å². The number of carbonyl (C=O) groups is 1. The summed E-state index contributed by atoms with van der Waals surface area (Å²) in [5.74, 6) is 1.07. The van der Waals surface area contributed by atoms with Crippen LogP contribution < -0.4 is 0 Å². The molecule has 0 N–H and O–H groups in total. The lowest BCUT2D eigenvalue weighted by Crippen LogP contribution is -2.52. The molecule has 1 atom stereocenters. The average molecular weight is 293 g/mol. The third kappa shape index (κ3) is 4.82. The van der Waals surface area contributed by atoms with Crippen molar-refractivity contribution in [3.63, 3.8) is 0 Å². The molecule has 1 unspecified atom stereocenters. The van der Waals surface area contributed by atoms with Gasteiger partial charge in [0.2, 0.25) is 5.91 Å². The van der Waals surface area contributed by atoms with Crippen molar-refractivity contribution in [2.75, 3.05) is 46.3 Å². The van der Waals surface area contributed by atoms with Gasteiger partial charge in [0.25, 0.3) is 0 Å². The summed E-state index contributed by atoms with van der Waals surface area (Å²) in [4.78, 5) is 19.1. The van der Waals surface area contributed by atoms with Crippen LogP contribution in [0, 0.1) is 5.92 Å². The van der Waals surface area contributed by atoms with Crippen molar-refractivity contribution in [2.45, 2.75) is 38.6 Å². The molecule has 0 spiro atoms. The molecule has 0 saturated carbocycles. The van der Waals surface area contributed by atoms with Gasteiger partial charge in [-0.05, 0) is 39.2 Å². The van der Waals surface area contributed by atoms with E-state index in [1.54, 1.807) is 0 Å². The minimum Gasteiger partial charge on any atom is -0.343 e. The maximum atomic E-state index is 12.0. The van der Waals surface area contributed by atoms with E-state index in [0.717, 1.165) is 25.4 Å². The molecular weight excluding hydrogens is 262 g/mol. The third-order valence-corrected chi connectivity index (χ3v) is 4.99. The van der Waals surface area contributed by atoms with Crippen molar-refractivity contribution in [3.05, 3.63) is 12.7 Å². The molecule has 2 heterocycles. The Kier molecular flexibility index (Phi) is 6.24. The van der Waals surface area contributed by atoms with Crippen LogP contribution in [0.25, 0.3) is 0 Å². The van der Waals surface area contributed by atoms with E-state index in [0.29, 0.717) is 18.4 Å². The fraction of sp³-hybridized carbons (Fsp3) is 0.824. The Morgan fingerprint density at radius 2 is 1.95 bits per heavy atom. The van der Waals surface area contributed by atoms with Crippen LogP contribution in [0.2, 0.25) is 0 Å². The van der Waals surface area contributed by atoms with Crippen LogP contribution in [0.1, 0.15) is 32.6 Å². The zero-order valence-electron chi connectivity index (χ0n) is 13.8. The summed E-state index contributed by atoms with van der Waals surface area (Å²) in [6, 6.07) is 0.663. The van der Waals surface area contributed by atoms with E-state index < -0.39 is 0 Å². The van der Waals surface area contributed by atoms with Gasteiger partial charge in [-0.15, -0.1) is 6.58 Å². The standard InChI is InChI=1S/C17H31N3O/c1-4-5-6-17(21)19-9-7-16(8-10-19)14-20-12-11-18(3)13-15(20)2/h4,15-16H,1,5-14H2,2-3H3. The number of nitrogens with zero attached hydrogens (tertiary/aromatic N) is 3.